The smallest absolute Gasteiger partial charge is 0.119 e. The monoisotopic (exact) mass is 324 g/mol. The first-order valence-corrected chi connectivity index (χ1v) is 6.85. The van der Waals surface area contributed by atoms with Crippen molar-refractivity contribution in [2.24, 2.45) is 5.41 Å². The van der Waals surface area contributed by atoms with Gasteiger partial charge in [0.1, 0.15) is 5.75 Å². The highest BCUT2D eigenvalue weighted by molar-refractivity contribution is 9.10. The van der Waals surface area contributed by atoms with Gasteiger partial charge in [-0.2, -0.15) is 0 Å². The molecule has 1 aromatic rings. The SMILES string of the molecule is COc1ccc(Br)c(CC(C)(CCl)CCl)c1. The molecular weight excluding hydrogens is 311 g/mol. The molecule has 1 rings (SSSR count). The van der Waals surface area contributed by atoms with Crippen LogP contribution in [0.25, 0.3) is 0 Å². The second-order valence-corrected chi connectivity index (χ2v) is 5.60. The Labute approximate surface area is 115 Å². The normalized spacial score (nSPS) is 11.6. The van der Waals surface area contributed by atoms with Crippen molar-refractivity contribution in [3.05, 3.63) is 28.2 Å². The zero-order valence-corrected chi connectivity index (χ0v) is 12.5. The third-order valence-electron chi connectivity index (χ3n) is 2.52. The van der Waals surface area contributed by atoms with Crippen LogP contribution in [0.4, 0.5) is 0 Å². The predicted octanol–water partition coefficient (Wildman–Crippen LogP) is 4.48. The zero-order chi connectivity index (χ0) is 12.2. The summed E-state index contributed by atoms with van der Waals surface area (Å²) >= 11 is 15.4. The van der Waals surface area contributed by atoms with Crippen LogP contribution in [0, 0.1) is 5.41 Å². The van der Waals surface area contributed by atoms with Gasteiger partial charge >= 0.3 is 0 Å². The largest absolute Gasteiger partial charge is 0.497 e. The van der Waals surface area contributed by atoms with Crippen molar-refractivity contribution in [1.82, 2.24) is 0 Å². The van der Waals surface area contributed by atoms with Gasteiger partial charge in [-0.05, 0) is 35.6 Å². The molecule has 1 aromatic carbocycles. The standard InChI is InChI=1S/C12H15BrCl2O/c1-12(7-14,8-15)6-9-5-10(16-2)3-4-11(9)13/h3-5H,6-8H2,1-2H3. The topological polar surface area (TPSA) is 9.23 Å². The van der Waals surface area contributed by atoms with Gasteiger partial charge in [-0.1, -0.05) is 22.9 Å². The molecular formula is C12H15BrCl2O. The molecule has 0 amide bonds. The summed E-state index contributed by atoms with van der Waals surface area (Å²) in [6.45, 7) is 2.08. The van der Waals surface area contributed by atoms with Gasteiger partial charge in [0.05, 0.1) is 7.11 Å². The Morgan fingerprint density at radius 2 is 1.94 bits per heavy atom. The highest BCUT2D eigenvalue weighted by atomic mass is 79.9. The van der Waals surface area contributed by atoms with Crippen molar-refractivity contribution in [3.8, 4) is 5.75 Å². The van der Waals surface area contributed by atoms with Crippen LogP contribution in [0.5, 0.6) is 5.75 Å². The summed E-state index contributed by atoms with van der Waals surface area (Å²) in [5, 5.41) is 0. The molecule has 0 saturated carbocycles. The molecule has 0 aromatic heterocycles. The zero-order valence-electron chi connectivity index (χ0n) is 9.40. The maximum atomic E-state index is 5.95. The lowest BCUT2D eigenvalue weighted by molar-refractivity contribution is 0.407. The van der Waals surface area contributed by atoms with Crippen molar-refractivity contribution in [2.75, 3.05) is 18.9 Å². The molecule has 0 aliphatic rings. The lowest BCUT2D eigenvalue weighted by atomic mass is 9.87. The molecule has 0 atom stereocenters. The Morgan fingerprint density at radius 3 is 2.44 bits per heavy atom. The first-order chi connectivity index (χ1) is 7.54. The number of hydrogen-bond acceptors (Lipinski definition) is 1. The highest BCUT2D eigenvalue weighted by Gasteiger charge is 2.23. The Kier molecular flexibility index (Phi) is 5.42. The van der Waals surface area contributed by atoms with E-state index >= 15 is 0 Å². The minimum atomic E-state index is -0.0853. The lowest BCUT2D eigenvalue weighted by Gasteiger charge is -2.25. The average Bonchev–Trinajstić information content (AvgIpc) is 2.32. The Balaban J connectivity index is 2.95. The van der Waals surface area contributed by atoms with Crippen LogP contribution < -0.4 is 4.74 Å². The molecule has 0 bridgehead atoms. The fraction of sp³-hybridized carbons (Fsp3) is 0.500. The third kappa shape index (κ3) is 3.54. The van der Waals surface area contributed by atoms with Crippen molar-refractivity contribution in [1.29, 1.82) is 0 Å². The van der Waals surface area contributed by atoms with Crippen LogP contribution in [0.15, 0.2) is 22.7 Å². The molecule has 0 fully saturated rings. The van der Waals surface area contributed by atoms with E-state index in [1.165, 1.54) is 5.56 Å². The van der Waals surface area contributed by atoms with Gasteiger partial charge < -0.3 is 4.74 Å². The molecule has 90 valence electrons. The summed E-state index contributed by atoms with van der Waals surface area (Å²) in [5.74, 6) is 1.94. The van der Waals surface area contributed by atoms with Gasteiger partial charge in [0.25, 0.3) is 0 Å². The number of hydrogen-bond donors (Lipinski definition) is 0. The number of benzene rings is 1. The van der Waals surface area contributed by atoms with Crippen molar-refractivity contribution in [3.63, 3.8) is 0 Å². The molecule has 0 radical (unpaired) electrons. The van der Waals surface area contributed by atoms with Gasteiger partial charge in [0.2, 0.25) is 0 Å². The maximum Gasteiger partial charge on any atom is 0.119 e. The Morgan fingerprint density at radius 1 is 1.31 bits per heavy atom. The summed E-state index contributed by atoms with van der Waals surface area (Å²) < 4.78 is 6.27. The van der Waals surface area contributed by atoms with E-state index in [-0.39, 0.29) is 5.41 Å². The molecule has 0 aliphatic carbocycles. The second kappa shape index (κ2) is 6.13. The molecule has 0 saturated heterocycles. The van der Waals surface area contributed by atoms with Gasteiger partial charge in [0, 0.05) is 16.2 Å². The quantitative estimate of drug-likeness (QED) is 0.725. The van der Waals surface area contributed by atoms with Crippen molar-refractivity contribution >= 4 is 39.1 Å². The van der Waals surface area contributed by atoms with E-state index in [0.717, 1.165) is 16.6 Å². The Hall–Kier alpha value is 0.0800. The number of methoxy groups -OCH3 is 1. The van der Waals surface area contributed by atoms with Gasteiger partial charge in [-0.15, -0.1) is 23.2 Å². The highest BCUT2D eigenvalue weighted by Crippen LogP contribution is 2.31. The first-order valence-electron chi connectivity index (χ1n) is 4.99. The number of rotatable bonds is 5. The first kappa shape index (κ1) is 14.1. The third-order valence-corrected chi connectivity index (χ3v) is 4.58. The van der Waals surface area contributed by atoms with E-state index in [1.54, 1.807) is 7.11 Å². The summed E-state index contributed by atoms with van der Waals surface area (Å²) in [6.07, 6.45) is 0.831. The van der Waals surface area contributed by atoms with E-state index in [0.29, 0.717) is 11.8 Å². The van der Waals surface area contributed by atoms with Crippen LogP contribution in [0.1, 0.15) is 12.5 Å². The number of ether oxygens (including phenoxy) is 1. The molecule has 0 spiro atoms. The van der Waals surface area contributed by atoms with Crippen molar-refractivity contribution < 1.29 is 4.74 Å². The van der Waals surface area contributed by atoms with E-state index < -0.39 is 0 Å². The van der Waals surface area contributed by atoms with Crippen LogP contribution in [0.3, 0.4) is 0 Å². The minimum Gasteiger partial charge on any atom is -0.497 e. The fourth-order valence-corrected chi connectivity index (χ4v) is 2.27. The minimum absolute atomic E-state index is 0.0853. The molecule has 0 heterocycles. The molecule has 0 aliphatic heterocycles. The summed E-state index contributed by atoms with van der Waals surface area (Å²) in [6, 6.07) is 5.92. The fourth-order valence-electron chi connectivity index (χ4n) is 1.40. The predicted molar refractivity (Wildman–Crippen MR) is 73.9 cm³/mol. The van der Waals surface area contributed by atoms with Gasteiger partial charge in [0.15, 0.2) is 0 Å². The molecule has 4 heteroatoms. The van der Waals surface area contributed by atoms with E-state index in [2.05, 4.69) is 22.9 Å². The summed E-state index contributed by atoms with van der Waals surface area (Å²) in [4.78, 5) is 0. The summed E-state index contributed by atoms with van der Waals surface area (Å²) in [7, 11) is 1.66. The second-order valence-electron chi connectivity index (χ2n) is 4.21. The van der Waals surface area contributed by atoms with Crippen LogP contribution in [0.2, 0.25) is 0 Å². The van der Waals surface area contributed by atoms with Crippen LogP contribution >= 0.6 is 39.1 Å². The van der Waals surface area contributed by atoms with Gasteiger partial charge in [-0.3, -0.25) is 0 Å². The van der Waals surface area contributed by atoms with Gasteiger partial charge in [-0.25, -0.2) is 0 Å². The molecule has 1 nitrogen and oxygen atoms in total. The maximum absolute atomic E-state index is 5.95. The Bertz CT molecular complexity index is 351. The van der Waals surface area contributed by atoms with E-state index in [9.17, 15) is 0 Å². The number of halogens is 3. The van der Waals surface area contributed by atoms with Crippen molar-refractivity contribution in [2.45, 2.75) is 13.3 Å². The van der Waals surface area contributed by atoms with Crippen LogP contribution in [-0.2, 0) is 6.42 Å². The number of alkyl halides is 2. The van der Waals surface area contributed by atoms with E-state index in [1.807, 2.05) is 18.2 Å². The molecule has 0 unspecified atom stereocenters. The molecule has 16 heavy (non-hydrogen) atoms. The summed E-state index contributed by atoms with van der Waals surface area (Å²) in [5.41, 5.74) is 1.08. The van der Waals surface area contributed by atoms with E-state index in [4.69, 9.17) is 27.9 Å². The average molecular weight is 326 g/mol. The molecule has 0 N–H and O–H groups in total. The van der Waals surface area contributed by atoms with Crippen LogP contribution in [-0.4, -0.2) is 18.9 Å². The lowest BCUT2D eigenvalue weighted by Crippen LogP contribution is -2.24.